The van der Waals surface area contributed by atoms with Crippen molar-refractivity contribution in [3.8, 4) is 5.75 Å². The molecule has 0 radical (unpaired) electrons. The van der Waals surface area contributed by atoms with E-state index in [2.05, 4.69) is 22.5 Å². The van der Waals surface area contributed by atoms with Gasteiger partial charge in [-0.3, -0.25) is 9.59 Å². The first-order chi connectivity index (χ1) is 20.1. The van der Waals surface area contributed by atoms with Gasteiger partial charge < -0.3 is 20.4 Å². The van der Waals surface area contributed by atoms with Crippen LogP contribution in [0.1, 0.15) is 43.0 Å². The molecule has 1 saturated heterocycles. The maximum atomic E-state index is 13.6. The molecule has 1 heterocycles. The van der Waals surface area contributed by atoms with Crippen molar-refractivity contribution in [1.82, 2.24) is 15.5 Å². The summed E-state index contributed by atoms with van der Waals surface area (Å²) in [5.74, 6) is -0.699. The molecule has 2 N–H and O–H groups in total. The van der Waals surface area contributed by atoms with Crippen molar-refractivity contribution in [3.05, 3.63) is 88.4 Å². The third kappa shape index (κ3) is 8.38. The number of carbonyl (C=O) groups is 2. The van der Waals surface area contributed by atoms with Gasteiger partial charge in [-0.1, -0.05) is 52.3 Å². The van der Waals surface area contributed by atoms with Crippen molar-refractivity contribution >= 4 is 50.7 Å². The van der Waals surface area contributed by atoms with E-state index in [9.17, 15) is 18.0 Å². The fourth-order valence-corrected chi connectivity index (χ4v) is 6.32. The number of amides is 2. The summed E-state index contributed by atoms with van der Waals surface area (Å²) in [6.07, 6.45) is 4.54. The van der Waals surface area contributed by atoms with E-state index in [0.29, 0.717) is 17.6 Å². The third-order valence-corrected chi connectivity index (χ3v) is 9.09. The number of hydrogen-bond acceptors (Lipinski definition) is 6. The number of para-hydroxylation sites is 1. The third-order valence-electron chi connectivity index (χ3n) is 6.97. The van der Waals surface area contributed by atoms with E-state index >= 15 is 0 Å². The van der Waals surface area contributed by atoms with E-state index in [1.54, 1.807) is 30.3 Å². The summed E-state index contributed by atoms with van der Waals surface area (Å²) in [5.41, 5.74) is 0.440. The molecule has 0 bridgehead atoms. The Hall–Kier alpha value is -3.31. The van der Waals surface area contributed by atoms with E-state index in [0.717, 1.165) is 24.0 Å². The Morgan fingerprint density at radius 1 is 1.00 bits per heavy atom. The van der Waals surface area contributed by atoms with Crippen molar-refractivity contribution < 1.29 is 22.8 Å². The van der Waals surface area contributed by atoms with Gasteiger partial charge in [-0.2, -0.15) is 8.42 Å². The second-order valence-corrected chi connectivity index (χ2v) is 12.6. The van der Waals surface area contributed by atoms with Crippen molar-refractivity contribution in [1.29, 1.82) is 0 Å². The first-order valence-electron chi connectivity index (χ1n) is 13.8. The lowest BCUT2D eigenvalue weighted by atomic mass is 10.0. The van der Waals surface area contributed by atoms with Crippen molar-refractivity contribution in [2.75, 3.05) is 30.6 Å². The highest BCUT2D eigenvalue weighted by Crippen LogP contribution is 2.32. The van der Waals surface area contributed by atoms with Crippen LogP contribution >= 0.6 is 23.2 Å². The van der Waals surface area contributed by atoms with Gasteiger partial charge in [0.15, 0.2) is 5.75 Å². The topological polar surface area (TPSA) is 108 Å². The van der Waals surface area contributed by atoms with Gasteiger partial charge in [0.1, 0.15) is 0 Å². The van der Waals surface area contributed by atoms with Crippen LogP contribution in [0.2, 0.25) is 10.0 Å². The standard InChI is InChI=1S/C30H34Cl2N4O5S/c1-22-8-5-6-18-35(22)19-7-17-33-29(37)21-34-30(38)23-11-14-26(15-12-23)42(39,40)36(25-9-3-2-4-10-25)41-28-16-13-24(31)20-27(28)32/h2-4,9-16,20,22H,5-8,17-19,21H2,1H3,(H,33,37)(H,34,38). The number of benzene rings is 3. The van der Waals surface area contributed by atoms with Gasteiger partial charge in [-0.15, -0.1) is 0 Å². The quantitative estimate of drug-likeness (QED) is 0.207. The number of halogens is 2. The molecule has 224 valence electrons. The second kappa shape index (κ2) is 14.7. The lowest BCUT2D eigenvalue weighted by Gasteiger charge is -2.33. The maximum Gasteiger partial charge on any atom is 0.295 e. The van der Waals surface area contributed by atoms with E-state index < -0.39 is 15.9 Å². The van der Waals surface area contributed by atoms with Crippen LogP contribution in [0, 0.1) is 0 Å². The molecule has 0 spiro atoms. The molecule has 3 aromatic rings. The predicted octanol–water partition coefficient (Wildman–Crippen LogP) is 5.29. The number of piperidine rings is 1. The Bertz CT molecular complexity index is 1470. The summed E-state index contributed by atoms with van der Waals surface area (Å²) in [5, 5.41) is 5.91. The minimum absolute atomic E-state index is 0.0869. The lowest BCUT2D eigenvalue weighted by molar-refractivity contribution is -0.120. The van der Waals surface area contributed by atoms with Gasteiger partial charge in [0.25, 0.3) is 15.9 Å². The maximum absolute atomic E-state index is 13.6. The van der Waals surface area contributed by atoms with Gasteiger partial charge in [0.2, 0.25) is 5.91 Å². The van der Waals surface area contributed by atoms with Gasteiger partial charge >= 0.3 is 0 Å². The Labute approximate surface area is 256 Å². The van der Waals surface area contributed by atoms with Crippen LogP contribution < -0.4 is 19.9 Å². The number of hydrogen-bond donors (Lipinski definition) is 2. The smallest absolute Gasteiger partial charge is 0.295 e. The highest BCUT2D eigenvalue weighted by atomic mass is 35.5. The molecule has 0 aliphatic carbocycles. The number of carbonyl (C=O) groups excluding carboxylic acids is 2. The van der Waals surface area contributed by atoms with Crippen LogP contribution in [0.4, 0.5) is 5.69 Å². The number of likely N-dealkylation sites (tertiary alicyclic amines) is 1. The summed E-state index contributed by atoms with van der Waals surface area (Å²) in [6.45, 7) is 4.61. The molecule has 2 amide bonds. The highest BCUT2D eigenvalue weighted by molar-refractivity contribution is 7.92. The zero-order chi connectivity index (χ0) is 30.1. The summed E-state index contributed by atoms with van der Waals surface area (Å²) < 4.78 is 28.0. The monoisotopic (exact) mass is 632 g/mol. The van der Waals surface area contributed by atoms with Crippen LogP contribution in [-0.2, 0) is 14.8 Å². The molecule has 0 saturated carbocycles. The van der Waals surface area contributed by atoms with E-state index in [1.165, 1.54) is 61.7 Å². The molecule has 9 nitrogen and oxygen atoms in total. The number of nitrogens with one attached hydrogen (secondary N) is 2. The average Bonchev–Trinajstić information content (AvgIpc) is 2.99. The van der Waals surface area contributed by atoms with Crippen LogP contribution in [0.25, 0.3) is 0 Å². The van der Waals surface area contributed by atoms with Gasteiger partial charge in [-0.25, -0.2) is 0 Å². The first kappa shape index (κ1) is 31.6. The summed E-state index contributed by atoms with van der Waals surface area (Å²) in [4.78, 5) is 32.9. The molecule has 42 heavy (non-hydrogen) atoms. The Morgan fingerprint density at radius 3 is 2.43 bits per heavy atom. The Morgan fingerprint density at radius 2 is 1.74 bits per heavy atom. The van der Waals surface area contributed by atoms with Crippen molar-refractivity contribution in [3.63, 3.8) is 0 Å². The van der Waals surface area contributed by atoms with Gasteiger partial charge in [-0.05, 0) is 87.3 Å². The normalized spacial score (nSPS) is 15.5. The molecule has 4 rings (SSSR count). The molecule has 1 atom stereocenters. The van der Waals surface area contributed by atoms with Crippen molar-refractivity contribution in [2.24, 2.45) is 0 Å². The highest BCUT2D eigenvalue weighted by Gasteiger charge is 2.28. The molecule has 3 aromatic carbocycles. The average molecular weight is 634 g/mol. The molecule has 0 aromatic heterocycles. The van der Waals surface area contributed by atoms with E-state index in [1.807, 2.05) is 0 Å². The van der Waals surface area contributed by atoms with Gasteiger partial charge in [0, 0.05) is 29.7 Å². The van der Waals surface area contributed by atoms with Crippen LogP contribution in [-0.4, -0.2) is 57.4 Å². The summed E-state index contributed by atoms with van der Waals surface area (Å²) in [7, 11) is -4.25. The van der Waals surface area contributed by atoms with E-state index in [4.69, 9.17) is 28.0 Å². The van der Waals surface area contributed by atoms with E-state index in [-0.39, 0.29) is 39.4 Å². The summed E-state index contributed by atoms with van der Waals surface area (Å²) in [6, 6.07) is 18.6. The summed E-state index contributed by atoms with van der Waals surface area (Å²) >= 11 is 12.2. The molecule has 1 fully saturated rings. The van der Waals surface area contributed by atoms with Crippen LogP contribution in [0.15, 0.2) is 77.7 Å². The largest absolute Gasteiger partial charge is 0.363 e. The number of nitrogens with zero attached hydrogens (tertiary/aromatic N) is 2. The fourth-order valence-electron chi connectivity index (χ4n) is 4.63. The predicted molar refractivity (Wildman–Crippen MR) is 164 cm³/mol. The van der Waals surface area contributed by atoms with Crippen LogP contribution in [0.3, 0.4) is 0 Å². The molecule has 1 aliphatic rings. The Kier molecular flexibility index (Phi) is 11.1. The fraction of sp³-hybridized carbons (Fsp3) is 0.333. The second-order valence-electron chi connectivity index (χ2n) is 10.0. The first-order valence-corrected chi connectivity index (χ1v) is 16.0. The number of rotatable bonds is 12. The number of anilines is 1. The SMILES string of the molecule is CC1CCCCN1CCCNC(=O)CNC(=O)c1ccc(S(=O)(=O)N(Oc2ccc(Cl)cc2Cl)c2ccccc2)cc1. The zero-order valence-electron chi connectivity index (χ0n) is 23.3. The lowest BCUT2D eigenvalue weighted by Crippen LogP contribution is -2.40. The molecule has 1 unspecified atom stereocenters. The number of sulfonamides is 1. The minimum atomic E-state index is -4.25. The van der Waals surface area contributed by atoms with Crippen LogP contribution in [0.5, 0.6) is 5.75 Å². The minimum Gasteiger partial charge on any atom is -0.363 e. The van der Waals surface area contributed by atoms with Crippen molar-refractivity contribution in [2.45, 2.75) is 43.5 Å². The molecular formula is C30H34Cl2N4O5S. The molecule has 1 aliphatic heterocycles. The molecular weight excluding hydrogens is 599 g/mol. The molecule has 12 heteroatoms. The zero-order valence-corrected chi connectivity index (χ0v) is 25.6. The van der Waals surface area contributed by atoms with Gasteiger partial charge in [0.05, 0.1) is 22.2 Å². The Balaban J connectivity index is 1.35.